The molecule has 2 N–H and O–H groups in total. The van der Waals surface area contributed by atoms with Gasteiger partial charge in [-0.2, -0.15) is 13.2 Å². The van der Waals surface area contributed by atoms with Crippen molar-refractivity contribution in [3.05, 3.63) is 35.4 Å². The van der Waals surface area contributed by atoms with E-state index < -0.39 is 23.8 Å². The van der Waals surface area contributed by atoms with Gasteiger partial charge in [0.15, 0.2) is 0 Å². The first-order valence-corrected chi connectivity index (χ1v) is 5.98. The Morgan fingerprint density at radius 1 is 1.42 bits per heavy atom. The number of halogens is 3. The summed E-state index contributed by atoms with van der Waals surface area (Å²) < 4.78 is 37.7. The van der Waals surface area contributed by atoms with Gasteiger partial charge in [0.2, 0.25) is 0 Å². The minimum Gasteiger partial charge on any atom is -0.480 e. The summed E-state index contributed by atoms with van der Waals surface area (Å²) in [6.07, 6.45) is -3.43. The Hall–Kier alpha value is -1.56. The summed E-state index contributed by atoms with van der Waals surface area (Å²) in [5.74, 6) is -0.851. The lowest BCUT2D eigenvalue weighted by Gasteiger charge is -2.11. The fraction of sp³-hybridized carbons (Fsp3) is 0.462. The molecule has 0 aliphatic carbocycles. The van der Waals surface area contributed by atoms with Crippen molar-refractivity contribution >= 4 is 5.97 Å². The van der Waals surface area contributed by atoms with Crippen LogP contribution in [0.25, 0.3) is 0 Å². The molecular formula is C13H14F3NO2. The average molecular weight is 273 g/mol. The van der Waals surface area contributed by atoms with Crippen LogP contribution in [-0.2, 0) is 17.4 Å². The lowest BCUT2D eigenvalue weighted by atomic mass is 9.95. The minimum absolute atomic E-state index is 0.0598. The number of hydrogen-bond acceptors (Lipinski definition) is 2. The standard InChI is InChI=1S/C13H14F3NO2/c14-13(15,16)10-3-1-2-8(5-10)4-9-6-11(12(18)19)17-7-9/h1-3,5,9,11,17H,4,6-7H2,(H,18,19)/t9-,11-/m0/s1. The Labute approximate surface area is 108 Å². The van der Waals surface area contributed by atoms with Crippen LogP contribution in [0, 0.1) is 5.92 Å². The predicted octanol–water partition coefficient (Wildman–Crippen LogP) is 2.31. The van der Waals surface area contributed by atoms with Crippen LogP contribution in [0.15, 0.2) is 24.3 Å². The summed E-state index contributed by atoms with van der Waals surface area (Å²) >= 11 is 0. The molecule has 1 saturated heterocycles. The lowest BCUT2D eigenvalue weighted by Crippen LogP contribution is -2.29. The van der Waals surface area contributed by atoms with Crippen molar-refractivity contribution in [3.63, 3.8) is 0 Å². The van der Waals surface area contributed by atoms with E-state index in [9.17, 15) is 18.0 Å². The van der Waals surface area contributed by atoms with Gasteiger partial charge in [-0.1, -0.05) is 18.2 Å². The maximum atomic E-state index is 12.6. The van der Waals surface area contributed by atoms with Crippen LogP contribution in [0.4, 0.5) is 13.2 Å². The first-order valence-electron chi connectivity index (χ1n) is 5.98. The molecule has 1 fully saturated rings. The van der Waals surface area contributed by atoms with E-state index >= 15 is 0 Å². The fourth-order valence-electron chi connectivity index (χ4n) is 2.36. The molecule has 0 bridgehead atoms. The van der Waals surface area contributed by atoms with E-state index in [0.29, 0.717) is 24.9 Å². The molecule has 0 spiro atoms. The third-order valence-electron chi connectivity index (χ3n) is 3.30. The van der Waals surface area contributed by atoms with E-state index in [0.717, 1.165) is 12.1 Å². The largest absolute Gasteiger partial charge is 0.480 e. The number of carbonyl (C=O) groups is 1. The van der Waals surface area contributed by atoms with Crippen molar-refractivity contribution in [1.82, 2.24) is 5.32 Å². The van der Waals surface area contributed by atoms with Gasteiger partial charge in [-0.15, -0.1) is 0 Å². The molecule has 1 heterocycles. The Bertz CT molecular complexity index is 473. The van der Waals surface area contributed by atoms with Gasteiger partial charge < -0.3 is 10.4 Å². The van der Waals surface area contributed by atoms with Gasteiger partial charge in [-0.05, 0) is 36.9 Å². The van der Waals surface area contributed by atoms with Gasteiger partial charge in [0.1, 0.15) is 6.04 Å². The number of rotatable bonds is 3. The van der Waals surface area contributed by atoms with Crippen LogP contribution in [0.2, 0.25) is 0 Å². The minimum atomic E-state index is -4.34. The summed E-state index contributed by atoms with van der Waals surface area (Å²) in [7, 11) is 0. The molecule has 0 amide bonds. The van der Waals surface area contributed by atoms with E-state index in [1.807, 2.05) is 0 Å². The van der Waals surface area contributed by atoms with Crippen molar-refractivity contribution in [2.75, 3.05) is 6.54 Å². The highest BCUT2D eigenvalue weighted by atomic mass is 19.4. The molecule has 0 unspecified atom stereocenters. The molecule has 0 aromatic heterocycles. The summed E-state index contributed by atoms with van der Waals surface area (Å²) in [6, 6.07) is 4.61. The van der Waals surface area contributed by atoms with Gasteiger partial charge in [-0.3, -0.25) is 4.79 Å². The monoisotopic (exact) mass is 273 g/mol. The Morgan fingerprint density at radius 3 is 2.74 bits per heavy atom. The van der Waals surface area contributed by atoms with Gasteiger partial charge in [0.05, 0.1) is 5.56 Å². The average Bonchev–Trinajstić information content (AvgIpc) is 2.77. The van der Waals surface area contributed by atoms with Crippen LogP contribution in [0.5, 0.6) is 0 Å². The summed E-state index contributed by atoms with van der Waals surface area (Å²) in [4.78, 5) is 10.8. The van der Waals surface area contributed by atoms with Crippen LogP contribution < -0.4 is 5.32 Å². The van der Waals surface area contributed by atoms with Crippen LogP contribution in [0.1, 0.15) is 17.5 Å². The molecule has 0 saturated carbocycles. The molecule has 6 heteroatoms. The Kier molecular flexibility index (Phi) is 3.80. The normalized spacial score (nSPS) is 23.5. The second-order valence-electron chi connectivity index (χ2n) is 4.80. The highest BCUT2D eigenvalue weighted by Gasteiger charge is 2.32. The number of carboxylic acid groups (broad SMARTS) is 1. The van der Waals surface area contributed by atoms with E-state index in [2.05, 4.69) is 5.32 Å². The molecule has 3 nitrogen and oxygen atoms in total. The van der Waals surface area contributed by atoms with Gasteiger partial charge in [-0.25, -0.2) is 0 Å². The molecule has 1 aromatic carbocycles. The van der Waals surface area contributed by atoms with Gasteiger partial charge >= 0.3 is 12.1 Å². The van der Waals surface area contributed by atoms with Crippen LogP contribution in [-0.4, -0.2) is 23.7 Å². The van der Waals surface area contributed by atoms with Crippen molar-refractivity contribution in [1.29, 1.82) is 0 Å². The first kappa shape index (κ1) is 13.9. The van der Waals surface area contributed by atoms with E-state index in [1.165, 1.54) is 6.07 Å². The number of hydrogen-bond donors (Lipinski definition) is 2. The zero-order chi connectivity index (χ0) is 14.0. The topological polar surface area (TPSA) is 49.3 Å². The summed E-state index contributed by atoms with van der Waals surface area (Å²) in [5.41, 5.74) is -0.0709. The number of aliphatic carboxylic acids is 1. The quantitative estimate of drug-likeness (QED) is 0.888. The van der Waals surface area contributed by atoms with Crippen molar-refractivity contribution in [2.24, 2.45) is 5.92 Å². The van der Waals surface area contributed by atoms with Crippen molar-refractivity contribution in [2.45, 2.75) is 25.1 Å². The van der Waals surface area contributed by atoms with Gasteiger partial charge in [0, 0.05) is 0 Å². The molecular weight excluding hydrogens is 259 g/mol. The third kappa shape index (κ3) is 3.47. The number of nitrogens with one attached hydrogen (secondary N) is 1. The second kappa shape index (κ2) is 5.21. The molecule has 0 radical (unpaired) electrons. The van der Waals surface area contributed by atoms with Crippen molar-refractivity contribution in [3.8, 4) is 0 Å². The molecule has 104 valence electrons. The molecule has 1 aliphatic heterocycles. The van der Waals surface area contributed by atoms with Gasteiger partial charge in [0.25, 0.3) is 0 Å². The summed E-state index contributed by atoms with van der Waals surface area (Å²) in [5, 5.41) is 11.7. The molecule has 1 aromatic rings. The number of benzene rings is 1. The van der Waals surface area contributed by atoms with E-state index in [-0.39, 0.29) is 5.92 Å². The van der Waals surface area contributed by atoms with Crippen molar-refractivity contribution < 1.29 is 23.1 Å². The Balaban J connectivity index is 2.03. The smallest absolute Gasteiger partial charge is 0.416 e. The predicted molar refractivity (Wildman–Crippen MR) is 62.7 cm³/mol. The van der Waals surface area contributed by atoms with E-state index in [4.69, 9.17) is 5.11 Å². The first-order chi connectivity index (χ1) is 8.86. The fourth-order valence-corrected chi connectivity index (χ4v) is 2.36. The highest BCUT2D eigenvalue weighted by Crippen LogP contribution is 2.30. The Morgan fingerprint density at radius 2 is 2.16 bits per heavy atom. The van der Waals surface area contributed by atoms with E-state index in [1.54, 1.807) is 6.07 Å². The molecule has 19 heavy (non-hydrogen) atoms. The maximum absolute atomic E-state index is 12.6. The van der Waals surface area contributed by atoms with Crippen LogP contribution in [0.3, 0.4) is 0 Å². The third-order valence-corrected chi connectivity index (χ3v) is 3.30. The highest BCUT2D eigenvalue weighted by molar-refractivity contribution is 5.73. The number of alkyl halides is 3. The zero-order valence-corrected chi connectivity index (χ0v) is 10.1. The molecule has 2 rings (SSSR count). The maximum Gasteiger partial charge on any atom is 0.416 e. The SMILES string of the molecule is O=C(O)[C@@H]1C[C@H](Cc2cccc(C(F)(F)F)c2)CN1. The molecule has 1 aliphatic rings. The summed E-state index contributed by atoms with van der Waals surface area (Å²) in [6.45, 7) is 0.521. The molecule has 2 atom stereocenters. The zero-order valence-electron chi connectivity index (χ0n) is 10.1. The second-order valence-corrected chi connectivity index (χ2v) is 4.80. The number of carboxylic acids is 1. The lowest BCUT2D eigenvalue weighted by molar-refractivity contribution is -0.139. The van der Waals surface area contributed by atoms with Crippen LogP contribution >= 0.6 is 0 Å².